The van der Waals surface area contributed by atoms with Crippen molar-refractivity contribution in [2.45, 2.75) is 50.4 Å². The van der Waals surface area contributed by atoms with Crippen LogP contribution in [-0.2, 0) is 10.2 Å². The number of unbranched alkanes of at least 4 members (excludes halogenated alkanes) is 1. The predicted octanol–water partition coefficient (Wildman–Crippen LogP) is 2.88. The Morgan fingerprint density at radius 1 is 1.24 bits per heavy atom. The number of nitrogens with one attached hydrogen (secondary N) is 1. The number of hydrogen-bond donors (Lipinski definition) is 2. The molecule has 1 aromatic carbocycles. The summed E-state index contributed by atoms with van der Waals surface area (Å²) in [5, 5.41) is 3.03. The van der Waals surface area contributed by atoms with Crippen LogP contribution < -0.4 is 11.1 Å². The van der Waals surface area contributed by atoms with Crippen molar-refractivity contribution in [1.82, 2.24) is 5.32 Å². The van der Waals surface area contributed by atoms with Gasteiger partial charge in [0.1, 0.15) is 5.82 Å². The number of halogens is 1. The summed E-state index contributed by atoms with van der Waals surface area (Å²) in [5.74, 6) is -0.224. The summed E-state index contributed by atoms with van der Waals surface area (Å²) in [6.07, 6.45) is 6.60. The summed E-state index contributed by atoms with van der Waals surface area (Å²) < 4.78 is 13.6. The van der Waals surface area contributed by atoms with Crippen LogP contribution in [0.5, 0.6) is 0 Å². The number of rotatable bonds is 6. The van der Waals surface area contributed by atoms with E-state index in [1.807, 2.05) is 6.07 Å². The van der Waals surface area contributed by atoms with E-state index in [9.17, 15) is 9.18 Å². The van der Waals surface area contributed by atoms with Gasteiger partial charge >= 0.3 is 0 Å². The predicted molar refractivity (Wildman–Crippen MR) is 82.5 cm³/mol. The van der Waals surface area contributed by atoms with Crippen LogP contribution in [0.3, 0.4) is 0 Å². The molecule has 0 heterocycles. The molecule has 3 nitrogen and oxygen atoms in total. The largest absolute Gasteiger partial charge is 0.355 e. The number of hydrogen-bond acceptors (Lipinski definition) is 2. The Morgan fingerprint density at radius 3 is 2.67 bits per heavy atom. The number of benzene rings is 1. The van der Waals surface area contributed by atoms with Gasteiger partial charge in [-0.15, -0.1) is 0 Å². The zero-order valence-corrected chi connectivity index (χ0v) is 12.5. The van der Waals surface area contributed by atoms with E-state index in [0.29, 0.717) is 13.1 Å². The van der Waals surface area contributed by atoms with Gasteiger partial charge in [0.25, 0.3) is 0 Å². The molecule has 4 heteroatoms. The molecule has 1 fully saturated rings. The minimum Gasteiger partial charge on any atom is -0.355 e. The maximum absolute atomic E-state index is 13.6. The lowest BCUT2D eigenvalue weighted by Gasteiger charge is -2.36. The van der Waals surface area contributed by atoms with Crippen LogP contribution in [0.1, 0.15) is 50.5 Å². The van der Waals surface area contributed by atoms with Crippen molar-refractivity contribution in [2.24, 2.45) is 5.73 Å². The molecule has 0 spiro atoms. The van der Waals surface area contributed by atoms with Gasteiger partial charge in [0.05, 0.1) is 5.41 Å². The molecule has 1 aromatic rings. The second-order valence-electron chi connectivity index (χ2n) is 5.90. The van der Waals surface area contributed by atoms with Gasteiger partial charge in [0.15, 0.2) is 0 Å². The lowest BCUT2D eigenvalue weighted by Crippen LogP contribution is -2.46. The van der Waals surface area contributed by atoms with E-state index < -0.39 is 5.41 Å². The highest BCUT2D eigenvalue weighted by Crippen LogP contribution is 2.39. The molecule has 21 heavy (non-hydrogen) atoms. The molecule has 0 atom stereocenters. The van der Waals surface area contributed by atoms with E-state index in [1.165, 1.54) is 12.1 Å². The monoisotopic (exact) mass is 292 g/mol. The molecule has 2 rings (SSSR count). The Bertz CT molecular complexity index is 470. The fourth-order valence-electron chi connectivity index (χ4n) is 3.23. The van der Waals surface area contributed by atoms with E-state index in [-0.39, 0.29) is 11.7 Å². The van der Waals surface area contributed by atoms with Crippen LogP contribution in [0.4, 0.5) is 4.39 Å². The average Bonchev–Trinajstić information content (AvgIpc) is 2.52. The molecule has 0 bridgehead atoms. The molecule has 116 valence electrons. The molecule has 0 saturated heterocycles. The second-order valence-corrected chi connectivity index (χ2v) is 5.90. The van der Waals surface area contributed by atoms with Crippen molar-refractivity contribution >= 4 is 5.91 Å². The van der Waals surface area contributed by atoms with Crippen molar-refractivity contribution in [1.29, 1.82) is 0 Å². The van der Waals surface area contributed by atoms with E-state index in [1.54, 1.807) is 6.07 Å². The van der Waals surface area contributed by atoms with Gasteiger partial charge in [-0.2, -0.15) is 0 Å². The van der Waals surface area contributed by atoms with Gasteiger partial charge in [0, 0.05) is 6.54 Å². The molecular weight excluding hydrogens is 267 g/mol. The Kier molecular flexibility index (Phi) is 5.74. The van der Waals surface area contributed by atoms with Crippen molar-refractivity contribution < 1.29 is 9.18 Å². The molecule has 0 aromatic heterocycles. The molecule has 0 unspecified atom stereocenters. The van der Waals surface area contributed by atoms with E-state index >= 15 is 0 Å². The summed E-state index contributed by atoms with van der Waals surface area (Å²) >= 11 is 0. The van der Waals surface area contributed by atoms with Gasteiger partial charge < -0.3 is 11.1 Å². The molecular formula is C17H25FN2O. The van der Waals surface area contributed by atoms with Gasteiger partial charge in [-0.3, -0.25) is 4.79 Å². The molecule has 0 aliphatic heterocycles. The van der Waals surface area contributed by atoms with Gasteiger partial charge in [-0.1, -0.05) is 31.4 Å². The van der Waals surface area contributed by atoms with Crippen LogP contribution in [0.25, 0.3) is 0 Å². The second kappa shape index (κ2) is 7.55. The van der Waals surface area contributed by atoms with Crippen molar-refractivity contribution in [3.8, 4) is 0 Å². The van der Waals surface area contributed by atoms with Crippen LogP contribution >= 0.6 is 0 Å². The first-order chi connectivity index (χ1) is 10.2. The van der Waals surface area contributed by atoms with Crippen LogP contribution in [0.15, 0.2) is 24.3 Å². The molecule has 0 radical (unpaired) electrons. The lowest BCUT2D eigenvalue weighted by atomic mass is 9.68. The van der Waals surface area contributed by atoms with E-state index in [2.05, 4.69) is 5.32 Å². The SMILES string of the molecule is NCCCCNC(=O)C1(c2cccc(F)c2)CCCCC1. The highest BCUT2D eigenvalue weighted by molar-refractivity contribution is 5.88. The Balaban J connectivity index is 2.15. The molecule has 1 aliphatic rings. The zero-order valence-electron chi connectivity index (χ0n) is 12.5. The number of amides is 1. The van der Waals surface area contributed by atoms with Crippen molar-refractivity contribution in [3.63, 3.8) is 0 Å². The Labute approximate surface area is 126 Å². The van der Waals surface area contributed by atoms with E-state index in [0.717, 1.165) is 50.5 Å². The standard InChI is InChI=1S/C17H25FN2O/c18-15-8-6-7-14(13-15)17(9-2-1-3-10-17)16(21)20-12-5-4-11-19/h6-8,13H,1-5,9-12,19H2,(H,20,21). The number of nitrogens with two attached hydrogens (primary N) is 1. The molecule has 1 saturated carbocycles. The van der Waals surface area contributed by atoms with Gasteiger partial charge in [-0.05, 0) is 49.9 Å². The summed E-state index contributed by atoms with van der Waals surface area (Å²) in [6.45, 7) is 1.29. The highest BCUT2D eigenvalue weighted by atomic mass is 19.1. The minimum atomic E-state index is -0.553. The number of carbonyl (C=O) groups is 1. The maximum atomic E-state index is 13.6. The molecule has 1 amide bonds. The lowest BCUT2D eigenvalue weighted by molar-refractivity contribution is -0.128. The van der Waals surface area contributed by atoms with E-state index in [4.69, 9.17) is 5.73 Å². The van der Waals surface area contributed by atoms with Gasteiger partial charge in [-0.25, -0.2) is 4.39 Å². The Hall–Kier alpha value is -1.42. The first-order valence-electron chi connectivity index (χ1n) is 7.93. The summed E-state index contributed by atoms with van der Waals surface area (Å²) in [6, 6.07) is 6.53. The fourth-order valence-corrected chi connectivity index (χ4v) is 3.23. The topological polar surface area (TPSA) is 55.1 Å². The normalized spacial score (nSPS) is 17.4. The third kappa shape index (κ3) is 3.82. The zero-order chi connectivity index (χ0) is 15.1. The van der Waals surface area contributed by atoms with Crippen LogP contribution in [0, 0.1) is 5.82 Å². The molecule has 3 N–H and O–H groups in total. The summed E-state index contributed by atoms with van der Waals surface area (Å²) in [5.41, 5.74) is 5.73. The third-order valence-electron chi connectivity index (χ3n) is 4.44. The average molecular weight is 292 g/mol. The maximum Gasteiger partial charge on any atom is 0.230 e. The van der Waals surface area contributed by atoms with Crippen molar-refractivity contribution in [3.05, 3.63) is 35.6 Å². The first-order valence-corrected chi connectivity index (χ1v) is 7.93. The molecule has 1 aliphatic carbocycles. The minimum absolute atomic E-state index is 0.0461. The first kappa shape index (κ1) is 16.0. The highest BCUT2D eigenvalue weighted by Gasteiger charge is 2.40. The van der Waals surface area contributed by atoms with Crippen molar-refractivity contribution in [2.75, 3.05) is 13.1 Å². The Morgan fingerprint density at radius 2 is 2.00 bits per heavy atom. The number of carbonyl (C=O) groups excluding carboxylic acids is 1. The summed E-state index contributed by atoms with van der Waals surface area (Å²) in [7, 11) is 0. The van der Waals surface area contributed by atoms with Crippen LogP contribution in [-0.4, -0.2) is 19.0 Å². The van der Waals surface area contributed by atoms with Crippen LogP contribution in [0.2, 0.25) is 0 Å². The third-order valence-corrected chi connectivity index (χ3v) is 4.44. The summed E-state index contributed by atoms with van der Waals surface area (Å²) in [4.78, 5) is 12.7. The fraction of sp³-hybridized carbons (Fsp3) is 0.588. The van der Waals surface area contributed by atoms with Gasteiger partial charge in [0.2, 0.25) is 5.91 Å². The smallest absolute Gasteiger partial charge is 0.230 e. The quantitative estimate of drug-likeness (QED) is 0.792.